The zero-order chi connectivity index (χ0) is 17.0. The lowest BCUT2D eigenvalue weighted by atomic mass is 10.5. The average Bonchev–Trinajstić information content (AvgIpc) is 2.48. The third-order valence-corrected chi connectivity index (χ3v) is 9.46. The van der Waals surface area contributed by atoms with E-state index >= 15 is 0 Å². The summed E-state index contributed by atoms with van der Waals surface area (Å²) in [7, 11) is -1.51. The van der Waals surface area contributed by atoms with Crippen molar-refractivity contribution in [1.82, 2.24) is 0 Å². The van der Waals surface area contributed by atoms with Gasteiger partial charge in [0.1, 0.15) is 6.61 Å². The second-order valence-electron chi connectivity index (χ2n) is 5.16. The monoisotopic (exact) mass is 350 g/mol. The molecule has 0 aliphatic carbocycles. The Morgan fingerprint density at radius 2 is 1.64 bits per heavy atom. The van der Waals surface area contributed by atoms with E-state index < -0.39 is 13.8 Å². The summed E-state index contributed by atoms with van der Waals surface area (Å²) in [6, 6.07) is 3.45. The molecule has 1 atom stereocenters. The Bertz CT molecular complexity index is 326. The summed E-state index contributed by atoms with van der Waals surface area (Å²) in [5.41, 5.74) is -0.438. The minimum atomic E-state index is -1.51. The van der Waals surface area contributed by atoms with Gasteiger partial charge in [-0.05, 0) is 30.3 Å². The van der Waals surface area contributed by atoms with Crippen LogP contribution in [0.4, 0.5) is 0 Å². The second-order valence-corrected chi connectivity index (χ2v) is 11.2. The number of carbonyl (C=O) groups excluding carboxylic acids is 2. The highest BCUT2D eigenvalue weighted by Gasteiger charge is 2.28. The van der Waals surface area contributed by atoms with Gasteiger partial charge in [0.2, 0.25) is 0 Å². The van der Waals surface area contributed by atoms with E-state index in [2.05, 4.69) is 20.8 Å². The molecule has 0 saturated heterocycles. The highest BCUT2D eigenvalue weighted by Crippen LogP contribution is 2.22. The number of esters is 2. The Morgan fingerprint density at radius 3 is 2.09 bits per heavy atom. The molecule has 0 fully saturated rings. The molecule has 7 heteroatoms. The van der Waals surface area contributed by atoms with Crippen LogP contribution in [0.15, 0.2) is 0 Å². The maximum Gasteiger partial charge on any atom is 0.303 e. The predicted molar refractivity (Wildman–Crippen MR) is 92.4 cm³/mol. The summed E-state index contributed by atoms with van der Waals surface area (Å²) in [6.45, 7) is 10.2. The number of hydrogen-bond acceptors (Lipinski definition) is 6. The summed E-state index contributed by atoms with van der Waals surface area (Å²) in [6.07, 6.45) is 0.900. The SMILES string of the molecule is CC[Si](CC)(CC)OCCCSC(COC(C)=O)OC(C)=O. The normalized spacial score (nSPS) is 12.8. The van der Waals surface area contributed by atoms with Crippen LogP contribution in [0, 0.1) is 0 Å². The Hall–Kier alpha value is -0.533. The van der Waals surface area contributed by atoms with Gasteiger partial charge in [-0.1, -0.05) is 20.8 Å². The molecule has 22 heavy (non-hydrogen) atoms. The van der Waals surface area contributed by atoms with Gasteiger partial charge in [0, 0.05) is 20.5 Å². The molecule has 5 nitrogen and oxygen atoms in total. The van der Waals surface area contributed by atoms with E-state index in [9.17, 15) is 9.59 Å². The maximum atomic E-state index is 11.0. The van der Waals surface area contributed by atoms with Crippen molar-refractivity contribution in [2.45, 2.75) is 64.6 Å². The fraction of sp³-hybridized carbons (Fsp3) is 0.867. The molecular formula is C15H30O5SSi. The van der Waals surface area contributed by atoms with Gasteiger partial charge in [0.15, 0.2) is 13.8 Å². The largest absolute Gasteiger partial charge is 0.461 e. The standard InChI is InChI=1S/C15H30O5SSi/c1-6-22(7-2,8-3)19-10-9-11-21-15(20-14(5)17)12-18-13(4)16/h15H,6-12H2,1-5H3. The number of hydrogen-bond donors (Lipinski definition) is 0. The molecule has 0 aliphatic heterocycles. The van der Waals surface area contributed by atoms with Gasteiger partial charge >= 0.3 is 11.9 Å². The van der Waals surface area contributed by atoms with Crippen molar-refractivity contribution in [1.29, 1.82) is 0 Å². The van der Waals surface area contributed by atoms with E-state index in [0.29, 0.717) is 0 Å². The Morgan fingerprint density at radius 1 is 1.05 bits per heavy atom. The molecule has 0 N–H and O–H groups in total. The van der Waals surface area contributed by atoms with Gasteiger partial charge in [-0.25, -0.2) is 0 Å². The van der Waals surface area contributed by atoms with Gasteiger partial charge in [-0.3, -0.25) is 9.59 Å². The van der Waals surface area contributed by atoms with Crippen molar-refractivity contribution in [3.8, 4) is 0 Å². The van der Waals surface area contributed by atoms with Gasteiger partial charge in [0.05, 0.1) is 0 Å². The molecule has 0 radical (unpaired) electrons. The number of thioether (sulfide) groups is 1. The Labute approximate surface area is 139 Å². The first-order valence-electron chi connectivity index (χ1n) is 7.95. The Kier molecular flexibility index (Phi) is 11.7. The van der Waals surface area contributed by atoms with Crippen molar-refractivity contribution >= 4 is 32.0 Å². The van der Waals surface area contributed by atoms with Crippen molar-refractivity contribution in [3.63, 3.8) is 0 Å². The van der Waals surface area contributed by atoms with Crippen LogP contribution in [0.3, 0.4) is 0 Å². The van der Waals surface area contributed by atoms with E-state index in [4.69, 9.17) is 13.9 Å². The topological polar surface area (TPSA) is 61.8 Å². The predicted octanol–water partition coefficient (Wildman–Crippen LogP) is 3.58. The molecule has 0 aromatic carbocycles. The number of carbonyl (C=O) groups is 2. The average molecular weight is 351 g/mol. The van der Waals surface area contributed by atoms with Crippen molar-refractivity contribution in [2.24, 2.45) is 0 Å². The van der Waals surface area contributed by atoms with E-state index in [-0.39, 0.29) is 18.5 Å². The molecular weight excluding hydrogens is 320 g/mol. The smallest absolute Gasteiger partial charge is 0.303 e. The second kappa shape index (κ2) is 12.0. The van der Waals surface area contributed by atoms with Gasteiger partial charge in [-0.2, -0.15) is 0 Å². The van der Waals surface area contributed by atoms with Crippen molar-refractivity contribution < 1.29 is 23.5 Å². The van der Waals surface area contributed by atoms with Crippen LogP contribution in [-0.4, -0.2) is 44.7 Å². The summed E-state index contributed by atoms with van der Waals surface area (Å²) < 4.78 is 16.2. The number of ether oxygens (including phenoxy) is 2. The summed E-state index contributed by atoms with van der Waals surface area (Å²) >= 11 is 1.48. The lowest BCUT2D eigenvalue weighted by molar-refractivity contribution is -0.151. The third-order valence-electron chi connectivity index (χ3n) is 3.65. The van der Waals surface area contributed by atoms with Gasteiger partial charge in [0.25, 0.3) is 0 Å². The van der Waals surface area contributed by atoms with Gasteiger partial charge < -0.3 is 13.9 Å². The molecule has 0 bridgehead atoms. The van der Waals surface area contributed by atoms with Crippen LogP contribution in [0.2, 0.25) is 18.1 Å². The minimum Gasteiger partial charge on any atom is -0.461 e. The van der Waals surface area contributed by atoms with Crippen LogP contribution in [0.1, 0.15) is 41.0 Å². The molecule has 1 unspecified atom stereocenters. The molecule has 0 aromatic rings. The zero-order valence-electron chi connectivity index (χ0n) is 14.5. The van der Waals surface area contributed by atoms with E-state index in [0.717, 1.165) is 36.9 Å². The molecule has 0 aromatic heterocycles. The highest BCUT2D eigenvalue weighted by molar-refractivity contribution is 7.99. The lowest BCUT2D eigenvalue weighted by Crippen LogP contribution is -2.36. The van der Waals surface area contributed by atoms with Crippen LogP contribution < -0.4 is 0 Å². The number of rotatable bonds is 12. The van der Waals surface area contributed by atoms with Crippen LogP contribution in [0.25, 0.3) is 0 Å². The maximum absolute atomic E-state index is 11.0. The van der Waals surface area contributed by atoms with E-state index in [1.807, 2.05) is 0 Å². The minimum absolute atomic E-state index is 0.0952. The molecule has 0 saturated carbocycles. The Balaban J connectivity index is 4.06. The first kappa shape index (κ1) is 21.5. The highest BCUT2D eigenvalue weighted by atomic mass is 32.2. The quantitative estimate of drug-likeness (QED) is 0.232. The van der Waals surface area contributed by atoms with Crippen LogP contribution in [0.5, 0.6) is 0 Å². The fourth-order valence-electron chi connectivity index (χ4n) is 2.11. The van der Waals surface area contributed by atoms with Crippen molar-refractivity contribution in [3.05, 3.63) is 0 Å². The molecule has 0 rings (SSSR count). The molecule has 130 valence electrons. The van der Waals surface area contributed by atoms with Gasteiger partial charge in [-0.15, -0.1) is 11.8 Å². The first-order chi connectivity index (χ1) is 10.4. The molecule has 0 amide bonds. The molecule has 0 aliphatic rings. The lowest BCUT2D eigenvalue weighted by Gasteiger charge is -2.28. The molecule has 0 heterocycles. The fourth-order valence-corrected chi connectivity index (χ4v) is 5.71. The van der Waals surface area contributed by atoms with Crippen LogP contribution in [-0.2, 0) is 23.5 Å². The summed E-state index contributed by atoms with van der Waals surface area (Å²) in [5, 5.41) is 0. The van der Waals surface area contributed by atoms with Crippen LogP contribution >= 0.6 is 11.8 Å². The van der Waals surface area contributed by atoms with Crippen molar-refractivity contribution in [2.75, 3.05) is 19.0 Å². The third kappa shape index (κ3) is 9.48. The van der Waals surface area contributed by atoms with E-state index in [1.54, 1.807) is 0 Å². The first-order valence-corrected chi connectivity index (χ1v) is 11.5. The molecule has 0 spiro atoms. The summed E-state index contributed by atoms with van der Waals surface area (Å²) in [4.78, 5) is 21.9. The zero-order valence-corrected chi connectivity index (χ0v) is 16.3. The summed E-state index contributed by atoms with van der Waals surface area (Å²) in [5.74, 6) is 0.0712. The van der Waals surface area contributed by atoms with E-state index in [1.165, 1.54) is 25.6 Å².